The van der Waals surface area contributed by atoms with Crippen molar-refractivity contribution in [2.45, 2.75) is 0 Å². The van der Waals surface area contributed by atoms with Crippen LogP contribution in [0.5, 0.6) is 11.5 Å². The molecule has 1 rings (SSSR count). The molecule has 1 aromatic rings. The quantitative estimate of drug-likeness (QED) is 0.840. The summed E-state index contributed by atoms with van der Waals surface area (Å²) in [5.74, 6) is -0.426. The molecule has 0 atom stereocenters. The Morgan fingerprint density at radius 2 is 2.00 bits per heavy atom. The lowest BCUT2D eigenvalue weighted by Gasteiger charge is -2.09. The van der Waals surface area contributed by atoms with Crippen molar-refractivity contribution in [1.82, 2.24) is 0 Å². The monoisotopic (exact) mass is 216 g/mol. The van der Waals surface area contributed by atoms with Gasteiger partial charge >= 0.3 is 5.97 Å². The number of methoxy groups -OCH3 is 2. The molecule has 0 unspecified atom stereocenters. The van der Waals surface area contributed by atoms with E-state index in [9.17, 15) is 4.79 Å². The zero-order valence-corrected chi connectivity index (χ0v) is 8.46. The number of ether oxygens (including phenoxy) is 2. The third kappa shape index (κ3) is 1.90. The predicted molar refractivity (Wildman–Crippen MR) is 51.5 cm³/mol. The van der Waals surface area contributed by atoms with Crippen molar-refractivity contribution >= 4 is 17.6 Å². The van der Waals surface area contributed by atoms with Gasteiger partial charge in [0.25, 0.3) is 0 Å². The van der Waals surface area contributed by atoms with E-state index in [0.717, 1.165) is 0 Å². The standard InChI is InChI=1S/C9H9ClO4/c1-13-7-4-5(9(11)12)3-6(10)8(7)14-2/h3-4H,1-2H3,(H,11,12). The van der Waals surface area contributed by atoms with E-state index in [1.54, 1.807) is 0 Å². The second-order valence-corrected chi connectivity index (χ2v) is 2.91. The number of hydrogen-bond acceptors (Lipinski definition) is 3. The molecule has 1 N–H and O–H groups in total. The van der Waals surface area contributed by atoms with Gasteiger partial charge in [-0.15, -0.1) is 0 Å². The van der Waals surface area contributed by atoms with Crippen LogP contribution in [0, 0.1) is 0 Å². The first kappa shape index (κ1) is 10.7. The maximum atomic E-state index is 10.7. The molecule has 0 fully saturated rings. The minimum atomic E-state index is -1.06. The fraction of sp³-hybridized carbons (Fsp3) is 0.222. The van der Waals surface area contributed by atoms with E-state index in [1.807, 2.05) is 0 Å². The predicted octanol–water partition coefficient (Wildman–Crippen LogP) is 2.06. The highest BCUT2D eigenvalue weighted by molar-refractivity contribution is 6.32. The highest BCUT2D eigenvalue weighted by atomic mass is 35.5. The molecule has 0 aliphatic heterocycles. The zero-order chi connectivity index (χ0) is 10.7. The van der Waals surface area contributed by atoms with E-state index in [0.29, 0.717) is 11.5 Å². The first-order chi connectivity index (χ1) is 6.60. The Morgan fingerprint density at radius 3 is 2.43 bits per heavy atom. The van der Waals surface area contributed by atoms with Gasteiger partial charge in [0.05, 0.1) is 24.8 Å². The number of halogens is 1. The molecule has 5 heteroatoms. The fourth-order valence-corrected chi connectivity index (χ4v) is 1.33. The topological polar surface area (TPSA) is 55.8 Å². The SMILES string of the molecule is COc1cc(C(=O)O)cc(Cl)c1OC. The summed E-state index contributed by atoms with van der Waals surface area (Å²) in [6, 6.07) is 2.66. The Labute approximate surface area is 86.0 Å². The van der Waals surface area contributed by atoms with Gasteiger partial charge in [-0.05, 0) is 12.1 Å². The van der Waals surface area contributed by atoms with E-state index >= 15 is 0 Å². The second-order valence-electron chi connectivity index (χ2n) is 2.50. The Balaban J connectivity index is 3.31. The number of hydrogen-bond donors (Lipinski definition) is 1. The Kier molecular flexibility index (Phi) is 3.19. The summed E-state index contributed by atoms with van der Waals surface area (Å²) < 4.78 is 9.89. The van der Waals surface area contributed by atoms with Crippen molar-refractivity contribution in [2.75, 3.05) is 14.2 Å². The second kappa shape index (κ2) is 4.19. The minimum Gasteiger partial charge on any atom is -0.493 e. The van der Waals surface area contributed by atoms with Crippen molar-refractivity contribution in [3.63, 3.8) is 0 Å². The molecule has 0 saturated carbocycles. The lowest BCUT2D eigenvalue weighted by molar-refractivity contribution is 0.0696. The summed E-state index contributed by atoms with van der Waals surface area (Å²) >= 11 is 5.79. The molecule has 0 aromatic heterocycles. The van der Waals surface area contributed by atoms with Gasteiger partial charge in [-0.3, -0.25) is 0 Å². The van der Waals surface area contributed by atoms with E-state index in [1.165, 1.54) is 26.4 Å². The summed E-state index contributed by atoms with van der Waals surface area (Å²) in [5, 5.41) is 8.95. The molecule has 0 bridgehead atoms. The molecule has 76 valence electrons. The number of carboxylic acid groups (broad SMARTS) is 1. The zero-order valence-electron chi connectivity index (χ0n) is 7.70. The Morgan fingerprint density at radius 1 is 1.36 bits per heavy atom. The minimum absolute atomic E-state index is 0.0626. The Bertz CT molecular complexity index is 362. The van der Waals surface area contributed by atoms with Crippen LogP contribution in [0.1, 0.15) is 10.4 Å². The molecular weight excluding hydrogens is 208 g/mol. The van der Waals surface area contributed by atoms with Gasteiger partial charge < -0.3 is 14.6 Å². The summed E-state index contributed by atoms with van der Waals surface area (Å²) in [6.07, 6.45) is 0. The lowest BCUT2D eigenvalue weighted by Crippen LogP contribution is -1.99. The molecule has 4 nitrogen and oxygen atoms in total. The number of benzene rings is 1. The molecule has 0 heterocycles. The molecule has 1 aromatic carbocycles. The number of rotatable bonds is 3. The maximum absolute atomic E-state index is 10.7. The van der Waals surface area contributed by atoms with E-state index in [-0.39, 0.29) is 10.6 Å². The van der Waals surface area contributed by atoms with Crippen LogP contribution < -0.4 is 9.47 Å². The smallest absolute Gasteiger partial charge is 0.335 e. The first-order valence-electron chi connectivity index (χ1n) is 3.75. The average Bonchev–Trinajstić information content (AvgIpc) is 2.16. The van der Waals surface area contributed by atoms with Crippen LogP contribution in [0.4, 0.5) is 0 Å². The van der Waals surface area contributed by atoms with Crippen molar-refractivity contribution in [3.05, 3.63) is 22.7 Å². The van der Waals surface area contributed by atoms with Gasteiger partial charge in [0.15, 0.2) is 11.5 Å². The fourth-order valence-electron chi connectivity index (χ4n) is 1.04. The van der Waals surface area contributed by atoms with Crippen LogP contribution in [-0.2, 0) is 0 Å². The lowest BCUT2D eigenvalue weighted by atomic mass is 10.2. The van der Waals surface area contributed by atoms with Gasteiger partial charge in [-0.25, -0.2) is 4.79 Å². The van der Waals surface area contributed by atoms with Crippen LogP contribution in [0.25, 0.3) is 0 Å². The molecule has 0 saturated heterocycles. The molecule has 0 spiro atoms. The van der Waals surface area contributed by atoms with Crippen LogP contribution in [0.2, 0.25) is 5.02 Å². The average molecular weight is 217 g/mol. The van der Waals surface area contributed by atoms with Gasteiger partial charge in [-0.2, -0.15) is 0 Å². The van der Waals surface area contributed by atoms with E-state index in [2.05, 4.69) is 0 Å². The van der Waals surface area contributed by atoms with Crippen molar-refractivity contribution in [2.24, 2.45) is 0 Å². The largest absolute Gasteiger partial charge is 0.493 e. The van der Waals surface area contributed by atoms with Gasteiger partial charge in [-0.1, -0.05) is 11.6 Å². The maximum Gasteiger partial charge on any atom is 0.335 e. The molecule has 0 amide bonds. The summed E-state index contributed by atoms with van der Waals surface area (Å²) in [4.78, 5) is 10.7. The molecule has 0 radical (unpaired) electrons. The van der Waals surface area contributed by atoms with Crippen molar-refractivity contribution < 1.29 is 19.4 Å². The van der Waals surface area contributed by atoms with Crippen LogP contribution in [0.3, 0.4) is 0 Å². The number of aromatic carboxylic acids is 1. The highest BCUT2D eigenvalue weighted by Gasteiger charge is 2.13. The molecular formula is C9H9ClO4. The summed E-state index contributed by atoms with van der Waals surface area (Å²) in [7, 11) is 2.85. The van der Waals surface area contributed by atoms with Crippen molar-refractivity contribution in [1.29, 1.82) is 0 Å². The number of carboxylic acids is 1. The number of carbonyl (C=O) groups is 1. The van der Waals surface area contributed by atoms with Crippen molar-refractivity contribution in [3.8, 4) is 11.5 Å². The Hall–Kier alpha value is -1.42. The highest BCUT2D eigenvalue weighted by Crippen LogP contribution is 2.35. The van der Waals surface area contributed by atoms with E-state index in [4.69, 9.17) is 26.2 Å². The van der Waals surface area contributed by atoms with Gasteiger partial charge in [0.1, 0.15) is 0 Å². The molecule has 0 aliphatic rings. The third-order valence-corrected chi connectivity index (χ3v) is 1.96. The van der Waals surface area contributed by atoms with Crippen LogP contribution in [0.15, 0.2) is 12.1 Å². The summed E-state index contributed by atoms with van der Waals surface area (Å²) in [6.45, 7) is 0. The third-order valence-electron chi connectivity index (χ3n) is 1.68. The van der Waals surface area contributed by atoms with Gasteiger partial charge in [0, 0.05) is 0 Å². The molecule has 14 heavy (non-hydrogen) atoms. The van der Waals surface area contributed by atoms with Crippen LogP contribution in [-0.4, -0.2) is 25.3 Å². The van der Waals surface area contributed by atoms with Crippen LogP contribution >= 0.6 is 11.6 Å². The van der Waals surface area contributed by atoms with E-state index < -0.39 is 5.97 Å². The normalized spacial score (nSPS) is 9.64. The van der Waals surface area contributed by atoms with Gasteiger partial charge in [0.2, 0.25) is 0 Å². The summed E-state index contributed by atoms with van der Waals surface area (Å²) in [5.41, 5.74) is 0.0626. The molecule has 0 aliphatic carbocycles. The first-order valence-corrected chi connectivity index (χ1v) is 4.12.